The third kappa shape index (κ3) is 3.64. The lowest BCUT2D eigenvalue weighted by molar-refractivity contribution is -0.136. The molecule has 7 heteroatoms. The maximum Gasteiger partial charge on any atom is 0.349 e. The van der Waals surface area contributed by atoms with E-state index < -0.39 is 17.2 Å². The summed E-state index contributed by atoms with van der Waals surface area (Å²) in [4.78, 5) is 34.8. The van der Waals surface area contributed by atoms with Crippen molar-refractivity contribution in [2.45, 2.75) is 6.92 Å². The Balaban J connectivity index is 1.46. The highest BCUT2D eigenvalue weighted by Gasteiger charge is 2.09. The van der Waals surface area contributed by atoms with Crippen molar-refractivity contribution in [1.29, 1.82) is 0 Å². The predicted molar refractivity (Wildman–Crippen MR) is 101 cm³/mol. The predicted octanol–water partition coefficient (Wildman–Crippen LogP) is 3.19. The van der Waals surface area contributed by atoms with Gasteiger partial charge in [-0.3, -0.25) is 0 Å². The fraction of sp³-hybridized carbons (Fsp3) is 0.0952. The Kier molecular flexibility index (Phi) is 4.41. The average molecular weight is 378 g/mol. The SMILES string of the molecule is Cc1cc(=O)oc2cc(OCC(=O)Oc3ccc4ccc(=O)oc4c3)ccc12. The Labute approximate surface area is 157 Å². The second kappa shape index (κ2) is 7.03. The van der Waals surface area contributed by atoms with Gasteiger partial charge in [0.2, 0.25) is 0 Å². The number of ether oxygens (including phenoxy) is 2. The smallest absolute Gasteiger partial charge is 0.349 e. The van der Waals surface area contributed by atoms with E-state index >= 15 is 0 Å². The second-order valence-corrected chi connectivity index (χ2v) is 6.12. The van der Waals surface area contributed by atoms with Crippen LogP contribution < -0.4 is 20.7 Å². The van der Waals surface area contributed by atoms with Crippen LogP contribution in [0, 0.1) is 6.92 Å². The van der Waals surface area contributed by atoms with E-state index in [0.717, 1.165) is 10.9 Å². The molecule has 0 unspecified atom stereocenters. The number of hydrogen-bond acceptors (Lipinski definition) is 7. The first-order valence-electron chi connectivity index (χ1n) is 8.40. The molecule has 7 nitrogen and oxygen atoms in total. The maximum atomic E-state index is 12.0. The number of aryl methyl sites for hydroxylation is 1. The lowest BCUT2D eigenvalue weighted by Crippen LogP contribution is -2.17. The molecule has 2 aromatic heterocycles. The van der Waals surface area contributed by atoms with Crippen molar-refractivity contribution in [2.24, 2.45) is 0 Å². The molecule has 140 valence electrons. The number of rotatable bonds is 4. The van der Waals surface area contributed by atoms with Gasteiger partial charge < -0.3 is 18.3 Å². The van der Waals surface area contributed by atoms with Gasteiger partial charge in [0.15, 0.2) is 6.61 Å². The van der Waals surface area contributed by atoms with Gasteiger partial charge in [0, 0.05) is 35.0 Å². The van der Waals surface area contributed by atoms with Gasteiger partial charge in [-0.1, -0.05) is 0 Å². The molecule has 0 saturated carbocycles. The van der Waals surface area contributed by atoms with Gasteiger partial charge in [0.05, 0.1) is 0 Å². The largest absolute Gasteiger partial charge is 0.482 e. The zero-order valence-corrected chi connectivity index (χ0v) is 14.8. The molecule has 4 aromatic rings. The quantitative estimate of drug-likeness (QED) is 0.306. The number of carbonyl (C=O) groups excluding carboxylic acids is 1. The molecule has 0 aliphatic heterocycles. The summed E-state index contributed by atoms with van der Waals surface area (Å²) < 4.78 is 20.8. The van der Waals surface area contributed by atoms with Crippen molar-refractivity contribution in [3.63, 3.8) is 0 Å². The Morgan fingerprint density at radius 3 is 2.43 bits per heavy atom. The van der Waals surface area contributed by atoms with Gasteiger partial charge in [0.1, 0.15) is 22.7 Å². The molecule has 0 atom stereocenters. The minimum atomic E-state index is -0.636. The molecule has 0 aliphatic rings. The van der Waals surface area contributed by atoms with Crippen LogP contribution >= 0.6 is 0 Å². The lowest BCUT2D eigenvalue weighted by atomic mass is 10.1. The number of fused-ring (bicyclic) bond motifs is 2. The minimum absolute atomic E-state index is 0.232. The summed E-state index contributed by atoms with van der Waals surface area (Å²) in [6, 6.07) is 14.0. The van der Waals surface area contributed by atoms with Crippen molar-refractivity contribution in [3.8, 4) is 11.5 Å². The maximum absolute atomic E-state index is 12.0. The number of esters is 1. The van der Waals surface area contributed by atoms with Gasteiger partial charge in [-0.2, -0.15) is 0 Å². The fourth-order valence-corrected chi connectivity index (χ4v) is 2.80. The van der Waals surface area contributed by atoms with E-state index in [4.69, 9.17) is 18.3 Å². The Morgan fingerprint density at radius 2 is 1.57 bits per heavy atom. The summed E-state index contributed by atoms with van der Waals surface area (Å²) in [5, 5.41) is 1.50. The zero-order chi connectivity index (χ0) is 19.7. The summed E-state index contributed by atoms with van der Waals surface area (Å²) in [6.07, 6.45) is 0. The van der Waals surface area contributed by atoms with Gasteiger partial charge >= 0.3 is 17.2 Å². The Bertz CT molecular complexity index is 1310. The first-order valence-corrected chi connectivity index (χ1v) is 8.40. The van der Waals surface area contributed by atoms with E-state index in [-0.39, 0.29) is 12.4 Å². The van der Waals surface area contributed by atoms with Crippen molar-refractivity contribution in [2.75, 3.05) is 6.61 Å². The van der Waals surface area contributed by atoms with Crippen LogP contribution in [0.1, 0.15) is 5.56 Å². The average Bonchev–Trinajstić information content (AvgIpc) is 2.65. The van der Waals surface area contributed by atoms with E-state index in [1.165, 1.54) is 18.2 Å². The number of carbonyl (C=O) groups is 1. The van der Waals surface area contributed by atoms with E-state index in [9.17, 15) is 14.4 Å². The molecular weight excluding hydrogens is 364 g/mol. The van der Waals surface area contributed by atoms with Crippen LogP contribution in [0.25, 0.3) is 21.9 Å². The molecule has 0 aliphatic carbocycles. The molecule has 2 heterocycles. The van der Waals surface area contributed by atoms with Gasteiger partial charge in [-0.15, -0.1) is 0 Å². The van der Waals surface area contributed by atoms with Crippen molar-refractivity contribution >= 4 is 27.9 Å². The van der Waals surface area contributed by atoms with Crippen molar-refractivity contribution in [3.05, 3.63) is 81.0 Å². The lowest BCUT2D eigenvalue weighted by Gasteiger charge is -2.08. The van der Waals surface area contributed by atoms with Crippen LogP contribution in [0.3, 0.4) is 0 Å². The molecule has 0 bridgehead atoms. The Hall–Kier alpha value is -3.87. The summed E-state index contributed by atoms with van der Waals surface area (Å²) in [5.41, 5.74) is 0.543. The zero-order valence-electron chi connectivity index (χ0n) is 14.8. The van der Waals surface area contributed by atoms with Gasteiger partial charge in [-0.05, 0) is 42.8 Å². The summed E-state index contributed by atoms with van der Waals surface area (Å²) >= 11 is 0. The third-order valence-electron chi connectivity index (χ3n) is 4.11. The molecule has 0 saturated heterocycles. The monoisotopic (exact) mass is 378 g/mol. The number of hydrogen-bond donors (Lipinski definition) is 0. The highest BCUT2D eigenvalue weighted by Crippen LogP contribution is 2.23. The number of benzene rings is 2. The molecule has 0 amide bonds. The fourth-order valence-electron chi connectivity index (χ4n) is 2.80. The summed E-state index contributed by atoms with van der Waals surface area (Å²) in [6.45, 7) is 1.46. The molecule has 0 fully saturated rings. The highest BCUT2D eigenvalue weighted by molar-refractivity contribution is 5.82. The molecule has 2 aromatic carbocycles. The Morgan fingerprint density at radius 1 is 0.857 bits per heavy atom. The van der Waals surface area contributed by atoms with E-state index in [1.54, 1.807) is 36.4 Å². The summed E-state index contributed by atoms with van der Waals surface area (Å²) in [5.74, 6) is -0.0401. The van der Waals surface area contributed by atoms with Crippen LogP contribution in [0.4, 0.5) is 0 Å². The van der Waals surface area contributed by atoms with E-state index in [1.807, 2.05) is 6.92 Å². The van der Waals surface area contributed by atoms with Gasteiger partial charge in [0.25, 0.3) is 0 Å². The van der Waals surface area contributed by atoms with Crippen molar-refractivity contribution < 1.29 is 23.1 Å². The first-order chi connectivity index (χ1) is 13.5. The van der Waals surface area contributed by atoms with E-state index in [2.05, 4.69) is 0 Å². The molecule has 28 heavy (non-hydrogen) atoms. The van der Waals surface area contributed by atoms with Crippen LogP contribution in [-0.2, 0) is 4.79 Å². The van der Waals surface area contributed by atoms with Crippen molar-refractivity contribution in [1.82, 2.24) is 0 Å². The molecule has 0 spiro atoms. The van der Waals surface area contributed by atoms with Crippen LogP contribution in [0.2, 0.25) is 0 Å². The van der Waals surface area contributed by atoms with Crippen LogP contribution in [-0.4, -0.2) is 12.6 Å². The van der Waals surface area contributed by atoms with E-state index in [0.29, 0.717) is 22.3 Å². The normalized spacial score (nSPS) is 10.9. The first kappa shape index (κ1) is 17.5. The standard InChI is InChI=1S/C21H14O7/c1-12-8-20(23)28-18-9-14(5-6-16(12)18)25-11-21(24)26-15-4-2-13-3-7-19(22)27-17(13)10-15/h2-10H,11H2,1H3. The molecule has 0 radical (unpaired) electrons. The topological polar surface area (TPSA) is 96.0 Å². The summed E-state index contributed by atoms with van der Waals surface area (Å²) in [7, 11) is 0. The molecular formula is C21H14O7. The third-order valence-corrected chi connectivity index (χ3v) is 4.11. The van der Waals surface area contributed by atoms with Crippen LogP contribution in [0.5, 0.6) is 11.5 Å². The van der Waals surface area contributed by atoms with Gasteiger partial charge in [-0.25, -0.2) is 14.4 Å². The molecule has 4 rings (SSSR count). The molecule has 0 N–H and O–H groups in total. The van der Waals surface area contributed by atoms with Crippen LogP contribution in [0.15, 0.2) is 73.0 Å². The highest BCUT2D eigenvalue weighted by atomic mass is 16.6. The minimum Gasteiger partial charge on any atom is -0.482 e. The second-order valence-electron chi connectivity index (χ2n) is 6.12.